The summed E-state index contributed by atoms with van der Waals surface area (Å²) in [5.41, 5.74) is 0.711. The monoisotopic (exact) mass is 454 g/mol. The van der Waals surface area contributed by atoms with Crippen LogP contribution in [0.25, 0.3) is 0 Å². The van der Waals surface area contributed by atoms with Crippen molar-refractivity contribution in [3.05, 3.63) is 59.7 Å². The summed E-state index contributed by atoms with van der Waals surface area (Å²) in [4.78, 5) is 13.0. The van der Waals surface area contributed by atoms with Crippen LogP contribution in [-0.2, 0) is 14.8 Å². The Morgan fingerprint density at radius 3 is 2.16 bits per heavy atom. The molecular formula is C22H28F2N2O4S. The molecule has 2 unspecified atom stereocenters. The summed E-state index contributed by atoms with van der Waals surface area (Å²) < 4.78 is 57.8. The molecule has 0 heterocycles. The summed E-state index contributed by atoms with van der Waals surface area (Å²) in [5.74, 6) is -1.94. The third kappa shape index (κ3) is 6.40. The Hall–Kier alpha value is -2.68. The quantitative estimate of drug-likeness (QED) is 0.621. The lowest BCUT2D eigenvalue weighted by Crippen LogP contribution is -2.48. The number of hydrogen-bond donors (Lipinski definition) is 1. The maximum Gasteiger partial charge on any atom is 0.244 e. The number of rotatable bonds is 9. The van der Waals surface area contributed by atoms with Crippen LogP contribution in [0.2, 0.25) is 0 Å². The Labute approximate surface area is 182 Å². The first-order valence-electron chi connectivity index (χ1n) is 9.82. The van der Waals surface area contributed by atoms with Crippen molar-refractivity contribution in [2.45, 2.75) is 39.3 Å². The number of halogens is 2. The minimum atomic E-state index is -3.96. The van der Waals surface area contributed by atoms with Gasteiger partial charge in [-0.2, -0.15) is 0 Å². The van der Waals surface area contributed by atoms with Crippen molar-refractivity contribution in [2.75, 3.05) is 17.7 Å². The molecule has 1 amide bonds. The summed E-state index contributed by atoms with van der Waals surface area (Å²) >= 11 is 0. The summed E-state index contributed by atoms with van der Waals surface area (Å²) in [6.07, 6.45) is 1.53. The molecule has 2 rings (SSSR count). The van der Waals surface area contributed by atoms with Gasteiger partial charge in [0.1, 0.15) is 11.8 Å². The third-order valence-corrected chi connectivity index (χ3v) is 6.03. The molecule has 9 heteroatoms. The van der Waals surface area contributed by atoms with Gasteiger partial charge in [0, 0.05) is 6.07 Å². The van der Waals surface area contributed by atoms with Crippen LogP contribution in [0.5, 0.6) is 5.75 Å². The Bertz CT molecular complexity index is 1010. The van der Waals surface area contributed by atoms with Crippen LogP contribution in [0.1, 0.15) is 38.8 Å². The fourth-order valence-electron chi connectivity index (χ4n) is 3.31. The maximum atomic E-state index is 13.7. The van der Waals surface area contributed by atoms with Crippen LogP contribution in [0.4, 0.5) is 14.5 Å². The number of sulfonamides is 1. The molecule has 0 radical (unpaired) electrons. The van der Waals surface area contributed by atoms with Crippen molar-refractivity contribution in [2.24, 2.45) is 5.92 Å². The van der Waals surface area contributed by atoms with E-state index in [1.165, 1.54) is 6.92 Å². The molecule has 0 bridgehead atoms. The summed E-state index contributed by atoms with van der Waals surface area (Å²) in [5, 5.41) is 2.90. The molecule has 2 atom stereocenters. The molecular weight excluding hydrogens is 426 g/mol. The largest absolute Gasteiger partial charge is 0.497 e. The van der Waals surface area contributed by atoms with E-state index >= 15 is 0 Å². The molecule has 1 N–H and O–H groups in total. The van der Waals surface area contributed by atoms with Crippen LogP contribution >= 0.6 is 0 Å². The van der Waals surface area contributed by atoms with E-state index in [9.17, 15) is 22.0 Å². The molecule has 0 saturated heterocycles. The van der Waals surface area contributed by atoms with Crippen LogP contribution < -0.4 is 14.4 Å². The van der Waals surface area contributed by atoms with Gasteiger partial charge in [0.15, 0.2) is 11.6 Å². The number of hydrogen-bond acceptors (Lipinski definition) is 4. The molecule has 0 spiro atoms. The zero-order valence-electron chi connectivity index (χ0n) is 18.2. The van der Waals surface area contributed by atoms with Gasteiger partial charge in [0.25, 0.3) is 0 Å². The summed E-state index contributed by atoms with van der Waals surface area (Å²) in [7, 11) is -2.40. The molecule has 2 aromatic rings. The van der Waals surface area contributed by atoms with Crippen molar-refractivity contribution in [3.8, 4) is 5.75 Å². The minimum absolute atomic E-state index is 0.131. The van der Waals surface area contributed by atoms with Gasteiger partial charge < -0.3 is 10.1 Å². The Morgan fingerprint density at radius 1 is 1.06 bits per heavy atom. The number of methoxy groups -OCH3 is 1. The number of ether oxygens (including phenoxy) is 1. The highest BCUT2D eigenvalue weighted by Crippen LogP contribution is 2.26. The molecule has 6 nitrogen and oxygen atoms in total. The first-order valence-corrected chi connectivity index (χ1v) is 11.7. The van der Waals surface area contributed by atoms with E-state index in [0.717, 1.165) is 34.3 Å². The first kappa shape index (κ1) is 24.6. The van der Waals surface area contributed by atoms with Crippen molar-refractivity contribution in [3.63, 3.8) is 0 Å². The highest BCUT2D eigenvalue weighted by atomic mass is 32.2. The number of carbonyl (C=O) groups excluding carboxylic acids is 1. The van der Waals surface area contributed by atoms with Crippen molar-refractivity contribution >= 4 is 21.6 Å². The van der Waals surface area contributed by atoms with Gasteiger partial charge in [-0.25, -0.2) is 17.2 Å². The van der Waals surface area contributed by atoms with Gasteiger partial charge in [-0.3, -0.25) is 9.10 Å². The molecule has 0 aliphatic carbocycles. The van der Waals surface area contributed by atoms with Gasteiger partial charge in [0.05, 0.1) is 25.1 Å². The third-order valence-electron chi connectivity index (χ3n) is 4.79. The topological polar surface area (TPSA) is 75.7 Å². The van der Waals surface area contributed by atoms with Gasteiger partial charge >= 0.3 is 0 Å². The lowest BCUT2D eigenvalue weighted by atomic mass is 9.96. The SMILES string of the molecule is COc1ccc(C(CC(C)C)NC(=O)C(C)N(c2ccc(F)c(F)c2)S(C)(=O)=O)cc1. The van der Waals surface area contributed by atoms with Crippen LogP contribution in [-0.4, -0.2) is 33.7 Å². The van der Waals surface area contributed by atoms with E-state index in [4.69, 9.17) is 4.74 Å². The molecule has 0 aliphatic heterocycles. The van der Waals surface area contributed by atoms with Gasteiger partial charge in [-0.05, 0) is 49.1 Å². The number of nitrogens with one attached hydrogen (secondary N) is 1. The van der Waals surface area contributed by atoms with Gasteiger partial charge in [-0.15, -0.1) is 0 Å². The molecule has 0 aromatic heterocycles. The molecule has 0 saturated carbocycles. The average molecular weight is 455 g/mol. The van der Waals surface area contributed by atoms with Gasteiger partial charge in [0.2, 0.25) is 15.9 Å². The second-order valence-electron chi connectivity index (χ2n) is 7.80. The zero-order valence-corrected chi connectivity index (χ0v) is 19.0. The van der Waals surface area contributed by atoms with Crippen LogP contribution in [0, 0.1) is 17.6 Å². The van der Waals surface area contributed by atoms with E-state index in [1.807, 2.05) is 26.0 Å². The normalized spacial score (nSPS) is 13.5. The molecule has 0 aliphatic rings. The first-order chi connectivity index (χ1) is 14.4. The lowest BCUT2D eigenvalue weighted by Gasteiger charge is -2.30. The smallest absolute Gasteiger partial charge is 0.244 e. The molecule has 2 aromatic carbocycles. The zero-order chi connectivity index (χ0) is 23.3. The fourth-order valence-corrected chi connectivity index (χ4v) is 4.48. The van der Waals surface area contributed by atoms with Gasteiger partial charge in [-0.1, -0.05) is 26.0 Å². The Kier molecular flexibility index (Phi) is 8.00. The average Bonchev–Trinajstić information content (AvgIpc) is 2.69. The number of anilines is 1. The maximum absolute atomic E-state index is 13.7. The number of carbonyl (C=O) groups is 1. The van der Waals surface area contributed by atoms with E-state index in [0.29, 0.717) is 12.2 Å². The highest BCUT2D eigenvalue weighted by molar-refractivity contribution is 7.92. The lowest BCUT2D eigenvalue weighted by molar-refractivity contribution is -0.122. The number of amides is 1. The minimum Gasteiger partial charge on any atom is -0.497 e. The number of benzene rings is 2. The van der Waals surface area contributed by atoms with Crippen molar-refractivity contribution < 1.29 is 26.7 Å². The predicted octanol–water partition coefficient (Wildman–Crippen LogP) is 4.03. The van der Waals surface area contributed by atoms with Crippen LogP contribution in [0.15, 0.2) is 42.5 Å². The number of nitrogens with zero attached hydrogens (tertiary/aromatic N) is 1. The highest BCUT2D eigenvalue weighted by Gasteiger charge is 2.31. The van der Waals surface area contributed by atoms with E-state index in [-0.39, 0.29) is 17.6 Å². The summed E-state index contributed by atoms with van der Waals surface area (Å²) in [6, 6.07) is 8.38. The van der Waals surface area contributed by atoms with E-state index in [2.05, 4.69) is 5.32 Å². The standard InChI is InChI=1S/C22H28F2N2O4S/c1-14(2)12-21(16-6-9-18(30-4)10-7-16)25-22(27)15(3)26(31(5,28)29)17-8-11-19(23)20(24)13-17/h6-11,13-15,21H,12H2,1-5H3,(H,25,27). The Morgan fingerprint density at radius 2 is 1.68 bits per heavy atom. The van der Waals surface area contributed by atoms with Crippen molar-refractivity contribution in [1.29, 1.82) is 0 Å². The molecule has 0 fully saturated rings. The summed E-state index contributed by atoms with van der Waals surface area (Å²) in [6.45, 7) is 5.42. The predicted molar refractivity (Wildman–Crippen MR) is 116 cm³/mol. The molecule has 170 valence electrons. The second-order valence-corrected chi connectivity index (χ2v) is 9.66. The fraction of sp³-hybridized carbons (Fsp3) is 0.409. The van der Waals surface area contributed by atoms with Crippen LogP contribution in [0.3, 0.4) is 0 Å². The van der Waals surface area contributed by atoms with Crippen molar-refractivity contribution in [1.82, 2.24) is 5.32 Å². The van der Waals surface area contributed by atoms with E-state index < -0.39 is 33.6 Å². The molecule has 31 heavy (non-hydrogen) atoms. The Balaban J connectivity index is 2.33. The second kappa shape index (κ2) is 10.1. The van der Waals surface area contributed by atoms with E-state index in [1.54, 1.807) is 19.2 Å².